The molecule has 0 bridgehead atoms. The lowest BCUT2D eigenvalue weighted by atomic mass is 10.1. The first-order chi connectivity index (χ1) is 9.58. The number of carbonyl (C=O) groups is 1. The van der Waals surface area contributed by atoms with Gasteiger partial charge in [-0.1, -0.05) is 65.7 Å². The van der Waals surface area contributed by atoms with Gasteiger partial charge in [0.15, 0.2) is 0 Å². The Morgan fingerprint density at radius 2 is 1.65 bits per heavy atom. The monoisotopic (exact) mass is 323 g/mol. The van der Waals surface area contributed by atoms with E-state index in [1.807, 2.05) is 52.8 Å². The molecule has 2 aromatic carbocycles. The molecule has 0 N–H and O–H groups in total. The standard InChI is InChI=1S/C15H11Cl2NOS/c16-15(17)14(19)12-8-4-5-9-13(12)18(20-15)10-11-6-2-1-3-7-11/h1-9H,10H2. The number of anilines is 1. The zero-order valence-corrected chi connectivity index (χ0v) is 12.8. The van der Waals surface area contributed by atoms with Crippen molar-refractivity contribution in [1.82, 2.24) is 0 Å². The van der Waals surface area contributed by atoms with Crippen molar-refractivity contribution in [2.45, 2.75) is 10.2 Å². The van der Waals surface area contributed by atoms with E-state index in [0.717, 1.165) is 23.2 Å². The predicted molar refractivity (Wildman–Crippen MR) is 85.4 cm³/mol. The highest BCUT2D eigenvalue weighted by atomic mass is 35.5. The molecule has 1 aliphatic rings. The maximum absolute atomic E-state index is 12.2. The van der Waals surface area contributed by atoms with Crippen LogP contribution < -0.4 is 4.31 Å². The van der Waals surface area contributed by atoms with E-state index in [0.29, 0.717) is 12.1 Å². The topological polar surface area (TPSA) is 20.3 Å². The molecule has 0 saturated heterocycles. The number of ketones is 1. The van der Waals surface area contributed by atoms with Gasteiger partial charge in [-0.3, -0.25) is 4.79 Å². The fourth-order valence-corrected chi connectivity index (χ4v) is 3.78. The largest absolute Gasteiger partial charge is 0.308 e. The average Bonchev–Trinajstić information content (AvgIpc) is 2.45. The third-order valence-corrected chi connectivity index (χ3v) is 4.79. The molecule has 0 aliphatic carbocycles. The maximum Gasteiger partial charge on any atom is 0.244 e. The molecule has 5 heteroatoms. The van der Waals surface area contributed by atoms with Gasteiger partial charge >= 0.3 is 0 Å². The lowest BCUT2D eigenvalue weighted by molar-refractivity contribution is 0.0997. The number of hydrogen-bond donors (Lipinski definition) is 0. The van der Waals surface area contributed by atoms with Crippen molar-refractivity contribution in [2.75, 3.05) is 4.31 Å². The molecular formula is C15H11Cl2NOS. The number of hydrogen-bond acceptors (Lipinski definition) is 3. The first kappa shape index (κ1) is 13.8. The molecule has 102 valence electrons. The third kappa shape index (κ3) is 2.53. The summed E-state index contributed by atoms with van der Waals surface area (Å²) >= 11 is 13.4. The maximum atomic E-state index is 12.2. The van der Waals surface area contributed by atoms with Gasteiger partial charge < -0.3 is 4.31 Å². The number of nitrogens with zero attached hydrogens (tertiary/aromatic N) is 1. The van der Waals surface area contributed by atoms with E-state index >= 15 is 0 Å². The Balaban J connectivity index is 1.99. The van der Waals surface area contributed by atoms with E-state index in [4.69, 9.17) is 23.2 Å². The molecule has 0 fully saturated rings. The zero-order valence-electron chi connectivity index (χ0n) is 10.4. The molecule has 1 aliphatic heterocycles. The van der Waals surface area contributed by atoms with E-state index < -0.39 is 3.67 Å². The highest BCUT2D eigenvalue weighted by molar-refractivity contribution is 8.05. The van der Waals surface area contributed by atoms with Crippen LogP contribution in [0.5, 0.6) is 0 Å². The summed E-state index contributed by atoms with van der Waals surface area (Å²) in [5.74, 6) is -0.259. The summed E-state index contributed by atoms with van der Waals surface area (Å²) in [6.07, 6.45) is 0. The van der Waals surface area contributed by atoms with Crippen LogP contribution in [0, 0.1) is 0 Å². The van der Waals surface area contributed by atoms with E-state index in [1.165, 1.54) is 0 Å². The minimum Gasteiger partial charge on any atom is -0.308 e. The Morgan fingerprint density at radius 1 is 1.00 bits per heavy atom. The second-order valence-electron chi connectivity index (χ2n) is 4.48. The fraction of sp³-hybridized carbons (Fsp3) is 0.133. The van der Waals surface area contributed by atoms with Gasteiger partial charge in [-0.15, -0.1) is 0 Å². The van der Waals surface area contributed by atoms with Gasteiger partial charge in [0.25, 0.3) is 0 Å². The Bertz CT molecular complexity index is 645. The zero-order chi connectivity index (χ0) is 14.2. The summed E-state index contributed by atoms with van der Waals surface area (Å²) in [6, 6.07) is 17.4. The first-order valence-electron chi connectivity index (χ1n) is 6.10. The van der Waals surface area contributed by atoms with E-state index in [1.54, 1.807) is 6.07 Å². The average molecular weight is 324 g/mol. The van der Waals surface area contributed by atoms with Crippen LogP contribution in [0.4, 0.5) is 5.69 Å². The van der Waals surface area contributed by atoms with Gasteiger partial charge in [-0.2, -0.15) is 0 Å². The van der Waals surface area contributed by atoms with Gasteiger partial charge in [0, 0.05) is 5.56 Å². The fourth-order valence-electron chi connectivity index (χ4n) is 2.14. The number of rotatable bonds is 2. The van der Waals surface area contributed by atoms with Crippen molar-refractivity contribution in [3.63, 3.8) is 0 Å². The summed E-state index contributed by atoms with van der Waals surface area (Å²) in [5.41, 5.74) is 2.55. The predicted octanol–water partition coefficient (Wildman–Crippen LogP) is 4.67. The van der Waals surface area contributed by atoms with Gasteiger partial charge in [0.05, 0.1) is 12.2 Å². The van der Waals surface area contributed by atoms with E-state index in [-0.39, 0.29) is 5.78 Å². The second kappa shape index (κ2) is 5.32. The van der Waals surface area contributed by atoms with Crippen LogP contribution in [-0.2, 0) is 6.54 Å². The van der Waals surface area contributed by atoms with Crippen molar-refractivity contribution >= 4 is 46.6 Å². The van der Waals surface area contributed by atoms with Crippen LogP contribution in [-0.4, -0.2) is 9.45 Å². The third-order valence-electron chi connectivity index (χ3n) is 3.08. The quantitative estimate of drug-likeness (QED) is 0.591. The van der Waals surface area contributed by atoms with Gasteiger partial charge in [0.2, 0.25) is 9.45 Å². The van der Waals surface area contributed by atoms with Gasteiger partial charge in [-0.05, 0) is 29.6 Å². The molecule has 20 heavy (non-hydrogen) atoms. The number of Topliss-reactive ketones (excluding diaryl/α,β-unsaturated/α-hetero) is 1. The summed E-state index contributed by atoms with van der Waals surface area (Å²) in [5, 5.41) is 0. The molecule has 3 rings (SSSR count). The molecular weight excluding hydrogens is 313 g/mol. The number of halogens is 2. The summed E-state index contributed by atoms with van der Waals surface area (Å²) in [7, 11) is 0. The van der Waals surface area contributed by atoms with Crippen molar-refractivity contribution in [1.29, 1.82) is 0 Å². The van der Waals surface area contributed by atoms with E-state index in [2.05, 4.69) is 0 Å². The molecule has 1 heterocycles. The van der Waals surface area contributed by atoms with Crippen LogP contribution in [0.3, 0.4) is 0 Å². The minimum absolute atomic E-state index is 0.259. The normalized spacial score (nSPS) is 16.9. The molecule has 2 aromatic rings. The van der Waals surface area contributed by atoms with Crippen LogP contribution in [0.1, 0.15) is 15.9 Å². The van der Waals surface area contributed by atoms with Crippen LogP contribution in [0.2, 0.25) is 0 Å². The number of para-hydroxylation sites is 1. The Kier molecular flexibility index (Phi) is 3.67. The number of carbonyl (C=O) groups excluding carboxylic acids is 1. The van der Waals surface area contributed by atoms with Crippen LogP contribution >= 0.6 is 35.1 Å². The molecule has 0 atom stereocenters. The molecule has 0 saturated carbocycles. The van der Waals surface area contributed by atoms with E-state index in [9.17, 15) is 4.79 Å². The molecule has 2 nitrogen and oxygen atoms in total. The smallest absolute Gasteiger partial charge is 0.244 e. The Labute approximate surface area is 131 Å². The molecule has 0 spiro atoms. The highest BCUT2D eigenvalue weighted by Gasteiger charge is 2.43. The molecule has 0 radical (unpaired) electrons. The van der Waals surface area contributed by atoms with Crippen molar-refractivity contribution < 1.29 is 4.79 Å². The first-order valence-corrected chi connectivity index (χ1v) is 7.63. The SMILES string of the molecule is O=C1c2ccccc2N(Cc2ccccc2)SC1(Cl)Cl. The highest BCUT2D eigenvalue weighted by Crippen LogP contribution is 2.48. The van der Waals surface area contributed by atoms with Crippen molar-refractivity contribution in [3.05, 3.63) is 65.7 Å². The molecule has 0 amide bonds. The number of benzene rings is 2. The summed E-state index contributed by atoms with van der Waals surface area (Å²) in [6.45, 7) is 0.636. The minimum atomic E-state index is -1.47. The molecule has 0 unspecified atom stereocenters. The lowest BCUT2D eigenvalue weighted by Crippen LogP contribution is -2.35. The second-order valence-corrected chi connectivity index (χ2v) is 7.49. The van der Waals surface area contributed by atoms with Crippen LogP contribution in [0.15, 0.2) is 54.6 Å². The van der Waals surface area contributed by atoms with Crippen LogP contribution in [0.25, 0.3) is 0 Å². The van der Waals surface area contributed by atoms with Gasteiger partial charge in [0.1, 0.15) is 0 Å². The number of alkyl halides is 2. The Hall–Kier alpha value is -1.16. The summed E-state index contributed by atoms with van der Waals surface area (Å²) in [4.78, 5) is 12.2. The summed E-state index contributed by atoms with van der Waals surface area (Å²) < 4.78 is 0.495. The van der Waals surface area contributed by atoms with Crippen molar-refractivity contribution in [3.8, 4) is 0 Å². The molecule has 0 aromatic heterocycles. The van der Waals surface area contributed by atoms with Gasteiger partial charge in [-0.25, -0.2) is 0 Å². The van der Waals surface area contributed by atoms with Crippen molar-refractivity contribution in [2.24, 2.45) is 0 Å². The Morgan fingerprint density at radius 3 is 2.40 bits per heavy atom. The number of fused-ring (bicyclic) bond motifs is 1. The lowest BCUT2D eigenvalue weighted by Gasteiger charge is -2.35.